The number of nitrogen functional groups attached to an aromatic ring is 1. The van der Waals surface area contributed by atoms with Gasteiger partial charge in [-0.25, -0.2) is 4.98 Å². The summed E-state index contributed by atoms with van der Waals surface area (Å²) in [6, 6.07) is 6.14. The average Bonchev–Trinajstić information content (AvgIpc) is 2.67. The van der Waals surface area contributed by atoms with E-state index in [-0.39, 0.29) is 0 Å². The van der Waals surface area contributed by atoms with Crippen LogP contribution in [0.5, 0.6) is 0 Å². The van der Waals surface area contributed by atoms with E-state index in [4.69, 9.17) is 22.3 Å². The molecule has 1 aromatic heterocycles. The van der Waals surface area contributed by atoms with E-state index in [0.29, 0.717) is 6.04 Å². The van der Waals surface area contributed by atoms with Crippen molar-refractivity contribution in [2.24, 2.45) is 0 Å². The molecule has 0 bridgehead atoms. The van der Waals surface area contributed by atoms with Crippen molar-refractivity contribution in [2.75, 3.05) is 5.73 Å². The normalized spacial score (nSPS) is 11.3. The van der Waals surface area contributed by atoms with Gasteiger partial charge in [0.1, 0.15) is 17.3 Å². The third-order valence-electron chi connectivity index (χ3n) is 3.45. The van der Waals surface area contributed by atoms with Gasteiger partial charge in [0.15, 0.2) is 0 Å². The van der Waals surface area contributed by atoms with Gasteiger partial charge in [-0.2, -0.15) is 0 Å². The van der Waals surface area contributed by atoms with Crippen molar-refractivity contribution in [3.05, 3.63) is 34.6 Å². The van der Waals surface area contributed by atoms with Crippen molar-refractivity contribution in [3.63, 3.8) is 0 Å². The largest absolute Gasteiger partial charge is 0.383 e. The molecule has 2 N–H and O–H groups in total. The Balaban J connectivity index is 2.60. The van der Waals surface area contributed by atoms with Crippen LogP contribution in [-0.2, 0) is 6.42 Å². The third-order valence-corrected chi connectivity index (χ3v) is 3.69. The minimum atomic E-state index is 0.311. The van der Waals surface area contributed by atoms with Crippen molar-refractivity contribution in [1.29, 1.82) is 0 Å². The lowest BCUT2D eigenvalue weighted by Gasteiger charge is -2.13. The summed E-state index contributed by atoms with van der Waals surface area (Å²) in [5.74, 6) is 1.80. The molecular formula is C16H22ClN3. The fraction of sp³-hybridized carbons (Fsp3) is 0.438. The summed E-state index contributed by atoms with van der Waals surface area (Å²) in [4.78, 5) is 4.78. The van der Waals surface area contributed by atoms with Crippen LogP contribution in [0.4, 0.5) is 5.82 Å². The highest BCUT2D eigenvalue weighted by molar-refractivity contribution is 6.30. The third kappa shape index (κ3) is 2.68. The van der Waals surface area contributed by atoms with E-state index in [2.05, 4.69) is 25.3 Å². The van der Waals surface area contributed by atoms with Crippen LogP contribution in [0.25, 0.3) is 11.3 Å². The van der Waals surface area contributed by atoms with Gasteiger partial charge in [0.25, 0.3) is 0 Å². The summed E-state index contributed by atoms with van der Waals surface area (Å²) >= 11 is 6.02. The lowest BCUT2D eigenvalue weighted by molar-refractivity contribution is 0.571. The summed E-state index contributed by atoms with van der Waals surface area (Å²) in [7, 11) is 0. The van der Waals surface area contributed by atoms with Gasteiger partial charge in [-0.05, 0) is 44.9 Å². The number of rotatable bonds is 4. The Hall–Kier alpha value is -1.48. The number of aromatic nitrogens is 2. The number of aryl methyl sites for hydroxylation is 2. The quantitative estimate of drug-likeness (QED) is 0.892. The molecule has 0 atom stereocenters. The highest BCUT2D eigenvalue weighted by atomic mass is 35.5. The Kier molecular flexibility index (Phi) is 4.39. The molecule has 0 radical (unpaired) electrons. The second-order valence-corrected chi connectivity index (χ2v) is 5.87. The van der Waals surface area contributed by atoms with Crippen LogP contribution in [0.15, 0.2) is 18.2 Å². The zero-order valence-corrected chi connectivity index (χ0v) is 13.3. The van der Waals surface area contributed by atoms with E-state index < -0.39 is 0 Å². The molecular weight excluding hydrogens is 270 g/mol. The smallest absolute Gasteiger partial charge is 0.131 e. The summed E-state index contributed by atoms with van der Waals surface area (Å²) in [6.45, 7) is 8.46. The number of anilines is 1. The minimum Gasteiger partial charge on any atom is -0.383 e. The zero-order valence-electron chi connectivity index (χ0n) is 12.6. The maximum absolute atomic E-state index is 6.34. The van der Waals surface area contributed by atoms with Gasteiger partial charge < -0.3 is 10.3 Å². The Bertz CT molecular complexity index is 614. The Morgan fingerprint density at radius 3 is 2.60 bits per heavy atom. The molecule has 4 heteroatoms. The fourth-order valence-electron chi connectivity index (χ4n) is 2.56. The van der Waals surface area contributed by atoms with E-state index in [0.717, 1.165) is 46.3 Å². The Morgan fingerprint density at radius 1 is 1.35 bits per heavy atom. The van der Waals surface area contributed by atoms with Crippen molar-refractivity contribution in [2.45, 2.75) is 46.6 Å². The predicted molar refractivity (Wildman–Crippen MR) is 86.2 cm³/mol. The second-order valence-electron chi connectivity index (χ2n) is 5.43. The van der Waals surface area contributed by atoms with Gasteiger partial charge >= 0.3 is 0 Å². The number of hydrogen-bond donors (Lipinski definition) is 1. The molecule has 0 fully saturated rings. The van der Waals surface area contributed by atoms with Gasteiger partial charge in [0, 0.05) is 23.0 Å². The van der Waals surface area contributed by atoms with Crippen LogP contribution < -0.4 is 5.73 Å². The van der Waals surface area contributed by atoms with Crippen LogP contribution in [0.2, 0.25) is 5.02 Å². The monoisotopic (exact) mass is 291 g/mol. The van der Waals surface area contributed by atoms with Crippen molar-refractivity contribution < 1.29 is 0 Å². The number of benzene rings is 1. The number of hydrogen-bond acceptors (Lipinski definition) is 2. The maximum atomic E-state index is 6.34. The van der Waals surface area contributed by atoms with Gasteiger partial charge in [0.05, 0.1) is 0 Å². The molecule has 0 saturated carbocycles. The predicted octanol–water partition coefficient (Wildman–Crippen LogP) is 4.63. The summed E-state index contributed by atoms with van der Waals surface area (Å²) in [5.41, 5.74) is 9.37. The SMILES string of the molecule is CCCc1nc(-c2ccc(Cl)cc2C)c(N)n1C(C)C. The van der Waals surface area contributed by atoms with Crippen molar-refractivity contribution in [3.8, 4) is 11.3 Å². The summed E-state index contributed by atoms with van der Waals surface area (Å²) in [5, 5.41) is 0.738. The first-order valence-corrected chi connectivity index (χ1v) is 7.46. The second kappa shape index (κ2) is 5.88. The van der Waals surface area contributed by atoms with Gasteiger partial charge in [-0.3, -0.25) is 0 Å². The number of imidazole rings is 1. The molecule has 1 aromatic carbocycles. The molecule has 0 spiro atoms. The van der Waals surface area contributed by atoms with E-state index in [1.165, 1.54) is 0 Å². The maximum Gasteiger partial charge on any atom is 0.131 e. The number of nitrogens with two attached hydrogens (primary N) is 1. The van der Waals surface area contributed by atoms with Crippen molar-refractivity contribution in [1.82, 2.24) is 9.55 Å². The molecule has 0 saturated heterocycles. The fourth-order valence-corrected chi connectivity index (χ4v) is 2.79. The first-order chi connectivity index (χ1) is 9.45. The number of nitrogens with zero attached hydrogens (tertiary/aromatic N) is 2. The van der Waals surface area contributed by atoms with E-state index in [9.17, 15) is 0 Å². The van der Waals surface area contributed by atoms with Gasteiger partial charge in [-0.1, -0.05) is 24.6 Å². The van der Waals surface area contributed by atoms with Gasteiger partial charge in [-0.15, -0.1) is 0 Å². The van der Waals surface area contributed by atoms with Crippen LogP contribution in [0.3, 0.4) is 0 Å². The van der Waals surface area contributed by atoms with E-state index in [1.54, 1.807) is 0 Å². The van der Waals surface area contributed by atoms with Crippen molar-refractivity contribution >= 4 is 17.4 Å². The molecule has 0 aliphatic rings. The van der Waals surface area contributed by atoms with E-state index in [1.807, 2.05) is 25.1 Å². The Morgan fingerprint density at radius 2 is 2.05 bits per heavy atom. The summed E-state index contributed by atoms with van der Waals surface area (Å²) in [6.07, 6.45) is 2.00. The zero-order chi connectivity index (χ0) is 14.9. The molecule has 0 unspecified atom stereocenters. The molecule has 0 amide bonds. The highest BCUT2D eigenvalue weighted by Crippen LogP contribution is 2.32. The lowest BCUT2D eigenvalue weighted by atomic mass is 10.1. The molecule has 2 aromatic rings. The van der Waals surface area contributed by atoms with Crippen LogP contribution in [0.1, 0.15) is 44.6 Å². The first kappa shape index (κ1) is 14.9. The molecule has 2 rings (SSSR count). The van der Waals surface area contributed by atoms with E-state index >= 15 is 0 Å². The molecule has 1 heterocycles. The molecule has 20 heavy (non-hydrogen) atoms. The van der Waals surface area contributed by atoms with Gasteiger partial charge in [0.2, 0.25) is 0 Å². The standard InChI is InChI=1S/C16H22ClN3/c1-5-6-14-19-15(16(18)20(14)10(2)3)13-8-7-12(17)9-11(13)4/h7-10H,5-6,18H2,1-4H3. The number of halogens is 1. The topological polar surface area (TPSA) is 43.8 Å². The Labute approximate surface area is 125 Å². The minimum absolute atomic E-state index is 0.311. The highest BCUT2D eigenvalue weighted by Gasteiger charge is 2.18. The van der Waals surface area contributed by atoms with Crippen LogP contribution in [0, 0.1) is 6.92 Å². The molecule has 108 valence electrons. The van der Waals surface area contributed by atoms with Crippen LogP contribution in [-0.4, -0.2) is 9.55 Å². The lowest BCUT2D eigenvalue weighted by Crippen LogP contribution is -2.09. The summed E-state index contributed by atoms with van der Waals surface area (Å²) < 4.78 is 2.13. The molecule has 0 aliphatic carbocycles. The molecule has 3 nitrogen and oxygen atoms in total. The first-order valence-electron chi connectivity index (χ1n) is 7.08. The van der Waals surface area contributed by atoms with Crippen LogP contribution >= 0.6 is 11.6 Å². The molecule has 0 aliphatic heterocycles. The average molecular weight is 292 g/mol.